The predicted octanol–water partition coefficient (Wildman–Crippen LogP) is 1.66. The highest BCUT2D eigenvalue weighted by Crippen LogP contribution is 2.18. The van der Waals surface area contributed by atoms with Gasteiger partial charge in [-0.2, -0.15) is 0 Å². The molecule has 0 amide bonds. The fourth-order valence-corrected chi connectivity index (χ4v) is 1.23. The Kier molecular flexibility index (Phi) is 0.950. The lowest BCUT2D eigenvalue weighted by molar-refractivity contribution is 0.520. The van der Waals surface area contributed by atoms with Crippen molar-refractivity contribution in [2.24, 2.45) is 0 Å². The normalized spacial score (nSPS) is 22.2. The zero-order chi connectivity index (χ0) is 6.10. The number of nitrogens with zero attached hydrogens (tertiary/aromatic N) is 1. The summed E-state index contributed by atoms with van der Waals surface area (Å²) in [7, 11) is 0. The van der Waals surface area contributed by atoms with Gasteiger partial charge in [-0.15, -0.1) is 0 Å². The third-order valence-electron chi connectivity index (χ3n) is 1.70. The SMILES string of the molecule is C1=CC2=CCCN2C=C1. The van der Waals surface area contributed by atoms with E-state index in [2.05, 4.69) is 35.4 Å². The minimum Gasteiger partial charge on any atom is -0.348 e. The Morgan fingerprint density at radius 3 is 3.22 bits per heavy atom. The summed E-state index contributed by atoms with van der Waals surface area (Å²) in [5.41, 5.74) is 1.36. The third-order valence-corrected chi connectivity index (χ3v) is 1.70. The Morgan fingerprint density at radius 1 is 1.33 bits per heavy atom. The first-order valence-corrected chi connectivity index (χ1v) is 3.28. The molecule has 0 unspecified atom stereocenters. The fraction of sp³-hybridized carbons (Fsp3) is 0.250. The zero-order valence-corrected chi connectivity index (χ0v) is 5.25. The molecule has 0 spiro atoms. The number of hydrogen-bond donors (Lipinski definition) is 0. The maximum absolute atomic E-state index is 2.26. The zero-order valence-electron chi connectivity index (χ0n) is 5.25. The molecule has 0 fully saturated rings. The first-order chi connectivity index (χ1) is 4.47. The van der Waals surface area contributed by atoms with Gasteiger partial charge < -0.3 is 4.90 Å². The molecule has 0 radical (unpaired) electrons. The average molecular weight is 119 g/mol. The molecule has 0 N–H and O–H groups in total. The molecule has 0 bridgehead atoms. The van der Waals surface area contributed by atoms with Gasteiger partial charge in [0.15, 0.2) is 0 Å². The molecule has 0 aliphatic carbocycles. The number of allylic oxidation sites excluding steroid dienone is 3. The molecule has 0 aromatic carbocycles. The van der Waals surface area contributed by atoms with E-state index in [4.69, 9.17) is 0 Å². The summed E-state index contributed by atoms with van der Waals surface area (Å²) in [4.78, 5) is 2.26. The van der Waals surface area contributed by atoms with Gasteiger partial charge in [0.05, 0.1) is 0 Å². The molecular weight excluding hydrogens is 110 g/mol. The van der Waals surface area contributed by atoms with Crippen LogP contribution in [0.25, 0.3) is 0 Å². The topological polar surface area (TPSA) is 3.24 Å². The maximum Gasteiger partial charge on any atom is 0.0366 e. The van der Waals surface area contributed by atoms with Crippen LogP contribution in [-0.2, 0) is 0 Å². The van der Waals surface area contributed by atoms with Crippen molar-refractivity contribution < 1.29 is 0 Å². The van der Waals surface area contributed by atoms with Crippen molar-refractivity contribution in [1.82, 2.24) is 4.90 Å². The van der Waals surface area contributed by atoms with Crippen molar-refractivity contribution in [1.29, 1.82) is 0 Å². The molecule has 0 saturated heterocycles. The minimum absolute atomic E-state index is 1.16. The van der Waals surface area contributed by atoms with E-state index < -0.39 is 0 Å². The van der Waals surface area contributed by atoms with Gasteiger partial charge in [0.25, 0.3) is 0 Å². The molecule has 0 aromatic heterocycles. The fourth-order valence-electron chi connectivity index (χ4n) is 1.23. The van der Waals surface area contributed by atoms with Gasteiger partial charge in [0.1, 0.15) is 0 Å². The number of hydrogen-bond acceptors (Lipinski definition) is 1. The molecule has 0 atom stereocenters. The van der Waals surface area contributed by atoms with E-state index in [0.29, 0.717) is 0 Å². The van der Waals surface area contributed by atoms with E-state index in [1.807, 2.05) is 0 Å². The Hall–Kier alpha value is -0.980. The third kappa shape index (κ3) is 0.689. The first-order valence-electron chi connectivity index (χ1n) is 3.28. The number of fused-ring (bicyclic) bond motifs is 1. The molecule has 9 heavy (non-hydrogen) atoms. The van der Waals surface area contributed by atoms with Crippen LogP contribution < -0.4 is 0 Å². The summed E-state index contributed by atoms with van der Waals surface area (Å²) >= 11 is 0. The second-order valence-corrected chi connectivity index (χ2v) is 2.31. The highest BCUT2D eigenvalue weighted by atomic mass is 15.1. The lowest BCUT2D eigenvalue weighted by Gasteiger charge is -2.16. The van der Waals surface area contributed by atoms with Crippen LogP contribution in [0, 0.1) is 0 Å². The Labute approximate surface area is 55.0 Å². The van der Waals surface area contributed by atoms with Gasteiger partial charge in [0.2, 0.25) is 0 Å². The second kappa shape index (κ2) is 1.76. The molecule has 1 heteroatoms. The predicted molar refractivity (Wildman–Crippen MR) is 37.7 cm³/mol. The van der Waals surface area contributed by atoms with Crippen molar-refractivity contribution in [2.45, 2.75) is 6.42 Å². The number of rotatable bonds is 0. The standard InChI is InChI=1S/C8H9N/c1-2-6-9-7-3-5-8(9)4-1/h1-2,4-6H,3,7H2. The van der Waals surface area contributed by atoms with Crippen molar-refractivity contribution in [3.63, 3.8) is 0 Å². The van der Waals surface area contributed by atoms with Crippen LogP contribution in [0.15, 0.2) is 36.2 Å². The molecule has 2 rings (SSSR count). The molecule has 46 valence electrons. The highest BCUT2D eigenvalue weighted by molar-refractivity contribution is 5.30. The molecule has 0 aromatic rings. The van der Waals surface area contributed by atoms with Crippen LogP contribution in [-0.4, -0.2) is 11.4 Å². The summed E-state index contributed by atoms with van der Waals surface area (Å²) < 4.78 is 0. The smallest absolute Gasteiger partial charge is 0.0366 e. The van der Waals surface area contributed by atoms with Crippen molar-refractivity contribution in [3.05, 3.63) is 36.2 Å². The summed E-state index contributed by atoms with van der Waals surface area (Å²) in [6, 6.07) is 0. The second-order valence-electron chi connectivity index (χ2n) is 2.31. The van der Waals surface area contributed by atoms with Gasteiger partial charge in [-0.1, -0.05) is 12.2 Å². The maximum atomic E-state index is 2.26. The van der Waals surface area contributed by atoms with Crippen molar-refractivity contribution in [2.75, 3.05) is 6.54 Å². The minimum atomic E-state index is 1.16. The average Bonchev–Trinajstić information content (AvgIpc) is 2.33. The van der Waals surface area contributed by atoms with Crippen LogP contribution in [0.5, 0.6) is 0 Å². The van der Waals surface area contributed by atoms with E-state index in [0.717, 1.165) is 6.54 Å². The molecule has 0 saturated carbocycles. The van der Waals surface area contributed by atoms with Gasteiger partial charge in [-0.25, -0.2) is 0 Å². The first kappa shape index (κ1) is 4.86. The van der Waals surface area contributed by atoms with Crippen LogP contribution in [0.1, 0.15) is 6.42 Å². The Balaban J connectivity index is 2.33. The van der Waals surface area contributed by atoms with Gasteiger partial charge in [-0.05, 0) is 18.6 Å². The van der Waals surface area contributed by atoms with Crippen LogP contribution >= 0.6 is 0 Å². The molecule has 2 heterocycles. The highest BCUT2D eigenvalue weighted by Gasteiger charge is 2.09. The van der Waals surface area contributed by atoms with E-state index in [1.54, 1.807) is 0 Å². The van der Waals surface area contributed by atoms with E-state index in [-0.39, 0.29) is 0 Å². The van der Waals surface area contributed by atoms with E-state index in [9.17, 15) is 0 Å². The molecular formula is C8H9N. The Bertz CT molecular complexity index is 196. The van der Waals surface area contributed by atoms with Crippen LogP contribution in [0.3, 0.4) is 0 Å². The monoisotopic (exact) mass is 119 g/mol. The van der Waals surface area contributed by atoms with Gasteiger partial charge in [-0.3, -0.25) is 0 Å². The summed E-state index contributed by atoms with van der Waals surface area (Å²) in [5, 5.41) is 0. The quantitative estimate of drug-likeness (QED) is 0.468. The molecule has 1 nitrogen and oxygen atoms in total. The lowest BCUT2D eigenvalue weighted by atomic mass is 10.3. The Morgan fingerprint density at radius 2 is 2.33 bits per heavy atom. The lowest BCUT2D eigenvalue weighted by Crippen LogP contribution is -2.11. The van der Waals surface area contributed by atoms with Gasteiger partial charge in [0, 0.05) is 18.4 Å². The summed E-state index contributed by atoms with van der Waals surface area (Å²) in [5.74, 6) is 0. The molecule has 2 aliphatic heterocycles. The van der Waals surface area contributed by atoms with Crippen molar-refractivity contribution >= 4 is 0 Å². The van der Waals surface area contributed by atoms with Crippen molar-refractivity contribution in [3.8, 4) is 0 Å². The van der Waals surface area contributed by atoms with E-state index >= 15 is 0 Å². The van der Waals surface area contributed by atoms with Crippen LogP contribution in [0.2, 0.25) is 0 Å². The van der Waals surface area contributed by atoms with Crippen LogP contribution in [0.4, 0.5) is 0 Å². The van der Waals surface area contributed by atoms with E-state index in [1.165, 1.54) is 12.1 Å². The summed E-state index contributed by atoms with van der Waals surface area (Å²) in [6.45, 7) is 1.16. The summed E-state index contributed by atoms with van der Waals surface area (Å²) in [6.07, 6.45) is 11.9. The van der Waals surface area contributed by atoms with Gasteiger partial charge >= 0.3 is 0 Å². The molecule has 2 aliphatic rings. The largest absolute Gasteiger partial charge is 0.348 e.